The molecule has 1 N–H and O–H groups in total. The quantitative estimate of drug-likeness (QED) is 0.903. The minimum atomic E-state index is -0.944. The van der Waals surface area contributed by atoms with Gasteiger partial charge >= 0.3 is 5.97 Å². The summed E-state index contributed by atoms with van der Waals surface area (Å²) in [5.74, 6) is 0.00876. The molecule has 1 aliphatic rings. The van der Waals surface area contributed by atoms with Crippen LogP contribution in [0, 0.1) is 19.3 Å². The third kappa shape index (κ3) is 2.44. The van der Waals surface area contributed by atoms with Gasteiger partial charge in [-0.3, -0.25) is 4.79 Å². The van der Waals surface area contributed by atoms with Crippen molar-refractivity contribution < 1.29 is 19.1 Å². The molecule has 1 fully saturated rings. The first-order valence-electron chi connectivity index (χ1n) is 6.85. The molecule has 5 nitrogen and oxygen atoms in total. The summed E-state index contributed by atoms with van der Waals surface area (Å²) in [5.41, 5.74) is 0.0401. The predicted molar refractivity (Wildman–Crippen MR) is 73.7 cm³/mol. The highest BCUT2D eigenvalue weighted by Gasteiger charge is 2.45. The van der Waals surface area contributed by atoms with Crippen molar-refractivity contribution in [3.63, 3.8) is 0 Å². The third-order valence-corrected chi connectivity index (χ3v) is 4.04. The molecule has 1 aromatic rings. The molecule has 0 saturated carbocycles. The van der Waals surface area contributed by atoms with Crippen molar-refractivity contribution in [1.29, 1.82) is 0 Å². The van der Waals surface area contributed by atoms with Crippen LogP contribution in [0.5, 0.6) is 0 Å². The van der Waals surface area contributed by atoms with Gasteiger partial charge in [-0.25, -0.2) is 4.79 Å². The van der Waals surface area contributed by atoms with E-state index in [-0.39, 0.29) is 5.91 Å². The zero-order chi connectivity index (χ0) is 15.1. The van der Waals surface area contributed by atoms with Gasteiger partial charge < -0.3 is 14.4 Å². The highest BCUT2D eigenvalue weighted by Crippen LogP contribution is 2.36. The van der Waals surface area contributed by atoms with Crippen LogP contribution in [0.25, 0.3) is 0 Å². The van der Waals surface area contributed by atoms with E-state index in [1.807, 2.05) is 13.8 Å². The molecule has 1 amide bonds. The van der Waals surface area contributed by atoms with Crippen LogP contribution in [0.3, 0.4) is 0 Å². The van der Waals surface area contributed by atoms with Crippen molar-refractivity contribution >= 4 is 11.9 Å². The van der Waals surface area contributed by atoms with Crippen molar-refractivity contribution in [1.82, 2.24) is 4.90 Å². The summed E-state index contributed by atoms with van der Waals surface area (Å²) in [6.07, 6.45) is 1.62. The Morgan fingerprint density at radius 1 is 1.40 bits per heavy atom. The number of nitrogens with zero attached hydrogens (tertiary/aromatic N) is 1. The number of furan rings is 1. The molecular weight excluding hydrogens is 258 g/mol. The van der Waals surface area contributed by atoms with E-state index < -0.39 is 17.4 Å². The second-order valence-corrected chi connectivity index (χ2v) is 6.16. The van der Waals surface area contributed by atoms with Gasteiger partial charge in [-0.2, -0.15) is 0 Å². The fourth-order valence-corrected chi connectivity index (χ4v) is 3.08. The van der Waals surface area contributed by atoms with Crippen LogP contribution in [-0.4, -0.2) is 34.5 Å². The molecule has 20 heavy (non-hydrogen) atoms. The summed E-state index contributed by atoms with van der Waals surface area (Å²) in [5, 5.41) is 9.50. The molecule has 0 spiro atoms. The average Bonchev–Trinajstić information content (AvgIpc) is 2.65. The first-order valence-corrected chi connectivity index (χ1v) is 6.85. The first-order chi connectivity index (χ1) is 9.24. The van der Waals surface area contributed by atoms with Crippen LogP contribution in [0.4, 0.5) is 0 Å². The molecule has 110 valence electrons. The van der Waals surface area contributed by atoms with Gasteiger partial charge in [0.15, 0.2) is 0 Å². The van der Waals surface area contributed by atoms with E-state index in [1.54, 1.807) is 19.9 Å². The molecule has 1 atom stereocenters. The normalized spacial score (nSPS) is 21.8. The van der Waals surface area contributed by atoms with Crippen LogP contribution in [0.2, 0.25) is 0 Å². The fourth-order valence-electron chi connectivity index (χ4n) is 3.08. The van der Waals surface area contributed by atoms with Crippen molar-refractivity contribution in [3.05, 3.63) is 23.2 Å². The Labute approximate surface area is 118 Å². The second-order valence-electron chi connectivity index (χ2n) is 6.16. The average molecular weight is 279 g/mol. The first kappa shape index (κ1) is 14.6. The summed E-state index contributed by atoms with van der Waals surface area (Å²) in [6, 6.07) is 0.886. The maximum absolute atomic E-state index is 12.6. The van der Waals surface area contributed by atoms with E-state index in [0.717, 1.165) is 12.8 Å². The molecule has 2 heterocycles. The molecule has 0 aromatic carbocycles. The molecule has 2 rings (SSSR count). The minimum absolute atomic E-state index is 0.250. The topological polar surface area (TPSA) is 70.8 Å². The Kier molecular flexibility index (Phi) is 3.63. The lowest BCUT2D eigenvalue weighted by molar-refractivity contribution is -0.148. The molecule has 1 aromatic heterocycles. The number of aryl methyl sites for hydroxylation is 2. The van der Waals surface area contributed by atoms with Gasteiger partial charge in [0.25, 0.3) is 5.91 Å². The predicted octanol–water partition coefficient (Wildman–Crippen LogP) is 2.61. The zero-order valence-electron chi connectivity index (χ0n) is 12.4. The van der Waals surface area contributed by atoms with Gasteiger partial charge in [-0.15, -0.1) is 0 Å². The minimum Gasteiger partial charge on any atom is -0.480 e. The molecule has 5 heteroatoms. The lowest BCUT2D eigenvalue weighted by atomic mass is 9.76. The highest BCUT2D eigenvalue weighted by atomic mass is 16.4. The van der Waals surface area contributed by atoms with Gasteiger partial charge in [-0.05, 0) is 38.2 Å². The lowest BCUT2D eigenvalue weighted by Gasteiger charge is -2.43. The maximum Gasteiger partial charge on any atom is 0.326 e. The SMILES string of the molecule is Cc1cc(C(=O)N2CCCC(C)(C)C2C(=O)O)c(C)o1. The number of carboxylic acid groups (broad SMARTS) is 1. The number of carbonyl (C=O) groups is 2. The van der Waals surface area contributed by atoms with E-state index in [2.05, 4.69) is 0 Å². The van der Waals surface area contributed by atoms with Gasteiger partial charge in [0.2, 0.25) is 0 Å². The number of hydrogen-bond donors (Lipinski definition) is 1. The molecule has 1 saturated heterocycles. The van der Waals surface area contributed by atoms with E-state index >= 15 is 0 Å². The number of likely N-dealkylation sites (tertiary alicyclic amines) is 1. The van der Waals surface area contributed by atoms with Crippen LogP contribution < -0.4 is 0 Å². The molecule has 1 aliphatic heterocycles. The smallest absolute Gasteiger partial charge is 0.326 e. The largest absolute Gasteiger partial charge is 0.480 e. The number of piperidine rings is 1. The number of amides is 1. The zero-order valence-corrected chi connectivity index (χ0v) is 12.4. The van der Waals surface area contributed by atoms with E-state index in [9.17, 15) is 14.7 Å². The Morgan fingerprint density at radius 3 is 2.55 bits per heavy atom. The molecule has 0 aliphatic carbocycles. The lowest BCUT2D eigenvalue weighted by Crippen LogP contribution is -2.56. The summed E-state index contributed by atoms with van der Waals surface area (Å²) >= 11 is 0. The van der Waals surface area contributed by atoms with Crippen LogP contribution in [-0.2, 0) is 4.79 Å². The number of hydrogen-bond acceptors (Lipinski definition) is 3. The van der Waals surface area contributed by atoms with Crippen LogP contribution in [0.1, 0.15) is 48.6 Å². The number of rotatable bonds is 2. The van der Waals surface area contributed by atoms with E-state index in [0.29, 0.717) is 23.6 Å². The number of carbonyl (C=O) groups excluding carboxylic acids is 1. The Balaban J connectivity index is 2.36. The molecular formula is C15H21NO4. The summed E-state index contributed by atoms with van der Waals surface area (Å²) in [6.45, 7) is 7.78. The van der Waals surface area contributed by atoms with Gasteiger partial charge in [0.1, 0.15) is 17.6 Å². The third-order valence-electron chi connectivity index (χ3n) is 4.04. The number of carboxylic acids is 1. The summed E-state index contributed by atoms with van der Waals surface area (Å²) in [4.78, 5) is 25.7. The van der Waals surface area contributed by atoms with Crippen LogP contribution >= 0.6 is 0 Å². The Morgan fingerprint density at radius 2 is 2.05 bits per heavy atom. The summed E-state index contributed by atoms with van der Waals surface area (Å²) < 4.78 is 5.38. The second kappa shape index (κ2) is 4.96. The Bertz CT molecular complexity index is 544. The fraction of sp³-hybridized carbons (Fsp3) is 0.600. The summed E-state index contributed by atoms with van der Waals surface area (Å²) in [7, 11) is 0. The van der Waals surface area contributed by atoms with Gasteiger partial charge in [0, 0.05) is 6.54 Å². The highest BCUT2D eigenvalue weighted by molar-refractivity contribution is 5.97. The van der Waals surface area contributed by atoms with E-state index in [4.69, 9.17) is 4.42 Å². The molecule has 1 unspecified atom stereocenters. The molecule has 0 radical (unpaired) electrons. The molecule has 0 bridgehead atoms. The van der Waals surface area contributed by atoms with E-state index in [1.165, 1.54) is 4.90 Å². The van der Waals surface area contributed by atoms with Crippen molar-refractivity contribution in [2.45, 2.75) is 46.6 Å². The number of aliphatic carboxylic acids is 1. The monoisotopic (exact) mass is 279 g/mol. The van der Waals surface area contributed by atoms with Crippen molar-refractivity contribution in [3.8, 4) is 0 Å². The standard InChI is InChI=1S/C15H21NO4/c1-9-8-11(10(2)20-9)13(17)16-7-5-6-15(3,4)12(16)14(18)19/h8,12H,5-7H2,1-4H3,(H,18,19). The van der Waals surface area contributed by atoms with Crippen LogP contribution in [0.15, 0.2) is 10.5 Å². The van der Waals surface area contributed by atoms with Crippen molar-refractivity contribution in [2.75, 3.05) is 6.54 Å². The van der Waals surface area contributed by atoms with Gasteiger partial charge in [-0.1, -0.05) is 13.8 Å². The Hall–Kier alpha value is -1.78. The van der Waals surface area contributed by atoms with Gasteiger partial charge in [0.05, 0.1) is 5.56 Å². The van der Waals surface area contributed by atoms with Crippen molar-refractivity contribution in [2.24, 2.45) is 5.41 Å². The maximum atomic E-state index is 12.6.